The Hall–Kier alpha value is -0.620. The van der Waals surface area contributed by atoms with Crippen molar-refractivity contribution in [1.82, 2.24) is 0 Å². The maximum Gasteiger partial charge on any atom is 0.306 e. The smallest absolute Gasteiger partial charge is 0.306 e. The number of hydrogen-bond donors (Lipinski definition) is 1. The van der Waals surface area contributed by atoms with Crippen LogP contribution in [0.5, 0.6) is 0 Å². The van der Waals surface area contributed by atoms with Gasteiger partial charge in [0.1, 0.15) is 0 Å². The van der Waals surface area contributed by atoms with Crippen LogP contribution in [0.2, 0.25) is 0 Å². The summed E-state index contributed by atoms with van der Waals surface area (Å²) in [5.41, 5.74) is 0. The van der Waals surface area contributed by atoms with Gasteiger partial charge >= 0.3 is 5.97 Å². The van der Waals surface area contributed by atoms with Crippen LogP contribution in [0.25, 0.3) is 0 Å². The summed E-state index contributed by atoms with van der Waals surface area (Å²) in [5, 5.41) is 8.44. The molecule has 1 aliphatic rings. The zero-order valence-electron chi connectivity index (χ0n) is 6.56. The van der Waals surface area contributed by atoms with Crippen LogP contribution in [0.15, 0.2) is 0 Å². The van der Waals surface area contributed by atoms with Gasteiger partial charge in [0.25, 0.3) is 10.1 Å². The van der Waals surface area contributed by atoms with E-state index in [2.05, 4.69) is 4.18 Å². The summed E-state index contributed by atoms with van der Waals surface area (Å²) < 4.78 is 25.6. The first kappa shape index (κ1) is 9.47. The summed E-state index contributed by atoms with van der Waals surface area (Å²) in [7, 11) is -3.43. The predicted octanol–water partition coefficient (Wildman–Crippen LogP) is -0.174. The Morgan fingerprint density at radius 2 is 2.00 bits per heavy atom. The van der Waals surface area contributed by atoms with E-state index in [1.54, 1.807) is 0 Å². The fraction of sp³-hybridized carbons (Fsp3) is 0.833. The minimum absolute atomic E-state index is 0.294. The topological polar surface area (TPSA) is 80.7 Å². The van der Waals surface area contributed by atoms with Crippen molar-refractivity contribution in [2.24, 2.45) is 5.92 Å². The Morgan fingerprint density at radius 3 is 2.33 bits per heavy atom. The highest BCUT2D eigenvalue weighted by Gasteiger charge is 2.37. The summed E-state index contributed by atoms with van der Waals surface area (Å²) in [6, 6.07) is 0. The largest absolute Gasteiger partial charge is 0.481 e. The van der Waals surface area contributed by atoms with Gasteiger partial charge in [-0.3, -0.25) is 8.98 Å². The molecule has 1 fully saturated rings. The summed E-state index contributed by atoms with van der Waals surface area (Å²) in [5.74, 6) is -1.32. The highest BCUT2D eigenvalue weighted by atomic mass is 32.2. The average molecular weight is 194 g/mol. The molecule has 0 aromatic rings. The molecule has 0 aromatic carbocycles. The Morgan fingerprint density at radius 1 is 1.50 bits per heavy atom. The van der Waals surface area contributed by atoms with E-state index in [1.807, 2.05) is 0 Å². The number of aliphatic carboxylic acids is 1. The first-order chi connectivity index (χ1) is 5.38. The number of hydrogen-bond acceptors (Lipinski definition) is 4. The minimum Gasteiger partial charge on any atom is -0.481 e. The molecule has 0 heterocycles. The molecule has 0 atom stereocenters. The Balaban J connectivity index is 2.32. The first-order valence-electron chi connectivity index (χ1n) is 3.49. The van der Waals surface area contributed by atoms with Crippen LogP contribution in [0.3, 0.4) is 0 Å². The van der Waals surface area contributed by atoms with Crippen molar-refractivity contribution in [2.45, 2.75) is 18.9 Å². The van der Waals surface area contributed by atoms with Crippen molar-refractivity contribution in [1.29, 1.82) is 0 Å². The summed E-state index contributed by atoms with van der Waals surface area (Å²) >= 11 is 0. The van der Waals surface area contributed by atoms with E-state index in [1.165, 1.54) is 0 Å². The van der Waals surface area contributed by atoms with Crippen LogP contribution < -0.4 is 0 Å². The predicted molar refractivity (Wildman–Crippen MR) is 40.1 cm³/mol. The maximum absolute atomic E-state index is 10.5. The van der Waals surface area contributed by atoms with Gasteiger partial charge < -0.3 is 5.11 Å². The van der Waals surface area contributed by atoms with Crippen LogP contribution in [0.1, 0.15) is 12.8 Å². The lowest BCUT2D eigenvalue weighted by atomic mass is 9.83. The Kier molecular flexibility index (Phi) is 2.39. The molecule has 0 bridgehead atoms. The normalized spacial score (nSPS) is 29.4. The van der Waals surface area contributed by atoms with Gasteiger partial charge in [-0.15, -0.1) is 0 Å². The lowest BCUT2D eigenvalue weighted by Crippen LogP contribution is -2.37. The summed E-state index contributed by atoms with van der Waals surface area (Å²) in [4.78, 5) is 10.3. The van der Waals surface area contributed by atoms with Crippen LogP contribution in [-0.2, 0) is 19.1 Å². The maximum atomic E-state index is 10.5. The highest BCUT2D eigenvalue weighted by molar-refractivity contribution is 7.86. The molecule has 12 heavy (non-hydrogen) atoms. The molecule has 0 saturated heterocycles. The number of carboxylic acids is 1. The van der Waals surface area contributed by atoms with E-state index in [9.17, 15) is 13.2 Å². The average Bonchev–Trinajstić information content (AvgIpc) is 1.74. The van der Waals surface area contributed by atoms with Crippen LogP contribution >= 0.6 is 0 Å². The molecular weight excluding hydrogens is 184 g/mol. The van der Waals surface area contributed by atoms with Crippen molar-refractivity contribution >= 4 is 16.1 Å². The molecular formula is C6H10O5S. The molecule has 70 valence electrons. The van der Waals surface area contributed by atoms with Crippen LogP contribution in [0, 0.1) is 5.92 Å². The molecule has 5 nitrogen and oxygen atoms in total. The number of carbonyl (C=O) groups is 1. The molecule has 1 saturated carbocycles. The fourth-order valence-corrected chi connectivity index (χ4v) is 1.74. The van der Waals surface area contributed by atoms with Crippen LogP contribution in [0.4, 0.5) is 0 Å². The third-order valence-electron chi connectivity index (χ3n) is 1.75. The third kappa shape index (κ3) is 2.46. The molecule has 1 N–H and O–H groups in total. The zero-order valence-corrected chi connectivity index (χ0v) is 7.37. The molecule has 0 aromatic heterocycles. The van der Waals surface area contributed by atoms with E-state index in [0.29, 0.717) is 12.8 Å². The van der Waals surface area contributed by atoms with Crippen molar-refractivity contribution in [3.63, 3.8) is 0 Å². The highest BCUT2D eigenvalue weighted by Crippen LogP contribution is 2.30. The summed E-state index contributed by atoms with van der Waals surface area (Å²) in [6.07, 6.45) is 1.12. The van der Waals surface area contributed by atoms with Gasteiger partial charge in [-0.1, -0.05) is 0 Å². The quantitative estimate of drug-likeness (QED) is 0.630. The Bertz CT molecular complexity index is 274. The van der Waals surface area contributed by atoms with E-state index < -0.39 is 28.1 Å². The van der Waals surface area contributed by atoms with Gasteiger partial charge in [-0.05, 0) is 12.8 Å². The fourth-order valence-electron chi connectivity index (χ4n) is 1.09. The van der Waals surface area contributed by atoms with Crippen LogP contribution in [-0.4, -0.2) is 31.9 Å². The monoisotopic (exact) mass is 194 g/mol. The lowest BCUT2D eigenvalue weighted by Gasteiger charge is -2.30. The van der Waals surface area contributed by atoms with Gasteiger partial charge in [0.15, 0.2) is 0 Å². The molecule has 1 rings (SSSR count). The standard InChI is InChI=1S/C6H10O5S/c1-12(9,10)11-5-2-4(3-5)6(7)8/h4-5H,2-3H2,1H3,(H,7,8)/t4-,5-. The van der Waals surface area contributed by atoms with Gasteiger partial charge in [0.2, 0.25) is 0 Å². The van der Waals surface area contributed by atoms with Gasteiger partial charge in [0, 0.05) is 0 Å². The molecule has 6 heteroatoms. The van der Waals surface area contributed by atoms with E-state index in [4.69, 9.17) is 5.11 Å². The van der Waals surface area contributed by atoms with Gasteiger partial charge in [-0.2, -0.15) is 8.42 Å². The SMILES string of the molecule is CS(=O)(=O)O[C@H]1C[C@H](C(=O)O)C1. The molecule has 0 spiro atoms. The first-order valence-corrected chi connectivity index (χ1v) is 5.31. The van der Waals surface area contributed by atoms with E-state index in [-0.39, 0.29) is 0 Å². The second-order valence-corrected chi connectivity index (χ2v) is 4.53. The number of rotatable bonds is 3. The second kappa shape index (κ2) is 3.02. The lowest BCUT2D eigenvalue weighted by molar-refractivity contribution is -0.147. The summed E-state index contributed by atoms with van der Waals surface area (Å²) in [6.45, 7) is 0. The van der Waals surface area contributed by atoms with Gasteiger partial charge in [-0.25, -0.2) is 0 Å². The molecule has 0 amide bonds. The Labute approximate surface area is 70.5 Å². The third-order valence-corrected chi connectivity index (χ3v) is 2.38. The number of carboxylic acid groups (broad SMARTS) is 1. The van der Waals surface area contributed by atoms with Crippen molar-refractivity contribution < 1.29 is 22.5 Å². The van der Waals surface area contributed by atoms with E-state index in [0.717, 1.165) is 6.26 Å². The minimum atomic E-state index is -3.43. The van der Waals surface area contributed by atoms with Crippen molar-refractivity contribution in [2.75, 3.05) is 6.26 Å². The van der Waals surface area contributed by atoms with Crippen molar-refractivity contribution in [3.05, 3.63) is 0 Å². The molecule has 0 aliphatic heterocycles. The zero-order chi connectivity index (χ0) is 9.35. The molecule has 0 unspecified atom stereocenters. The van der Waals surface area contributed by atoms with Gasteiger partial charge in [0.05, 0.1) is 18.3 Å². The van der Waals surface area contributed by atoms with Crippen molar-refractivity contribution in [3.8, 4) is 0 Å². The second-order valence-electron chi connectivity index (χ2n) is 2.93. The molecule has 0 radical (unpaired) electrons. The van der Waals surface area contributed by atoms with E-state index >= 15 is 0 Å². The molecule has 1 aliphatic carbocycles.